The zero-order valence-electron chi connectivity index (χ0n) is 15.9. The molecule has 1 fully saturated rings. The molecule has 156 valence electrons. The van der Waals surface area contributed by atoms with Gasteiger partial charge in [-0.2, -0.15) is 8.78 Å². The van der Waals surface area contributed by atoms with Crippen LogP contribution in [0.15, 0.2) is 35.7 Å². The van der Waals surface area contributed by atoms with Crippen molar-refractivity contribution >= 4 is 23.2 Å². The second-order valence-electron chi connectivity index (χ2n) is 6.57. The Morgan fingerprint density at radius 3 is 2.79 bits per heavy atom. The van der Waals surface area contributed by atoms with Crippen LogP contribution in [-0.2, 0) is 11.3 Å². The predicted octanol–water partition coefficient (Wildman–Crippen LogP) is 3.67. The average molecular weight is 424 g/mol. The summed E-state index contributed by atoms with van der Waals surface area (Å²) in [5.74, 6) is -0.319. The van der Waals surface area contributed by atoms with Crippen molar-refractivity contribution in [2.24, 2.45) is 0 Å². The molecule has 2 amide bonds. The zero-order valence-corrected chi connectivity index (χ0v) is 16.7. The Morgan fingerprint density at radius 2 is 2.10 bits per heavy atom. The molecule has 0 aliphatic carbocycles. The van der Waals surface area contributed by atoms with Crippen molar-refractivity contribution in [3.63, 3.8) is 0 Å². The Bertz CT molecular complexity index is 845. The van der Waals surface area contributed by atoms with E-state index in [1.54, 1.807) is 23.1 Å². The first-order valence-electron chi connectivity index (χ1n) is 9.23. The molecule has 9 heteroatoms. The summed E-state index contributed by atoms with van der Waals surface area (Å²) in [6.45, 7) is -2.32. The monoisotopic (exact) mass is 424 g/mol. The summed E-state index contributed by atoms with van der Waals surface area (Å²) < 4.78 is 34.6. The molecule has 0 radical (unpaired) electrons. The number of carbonyl (C=O) groups is 2. The summed E-state index contributed by atoms with van der Waals surface area (Å²) in [6.07, 6.45) is 2.31. The summed E-state index contributed by atoms with van der Waals surface area (Å²) in [7, 11) is 1.36. The molecular weight excluding hydrogens is 402 g/mol. The molecule has 6 nitrogen and oxygen atoms in total. The van der Waals surface area contributed by atoms with Gasteiger partial charge in [0.1, 0.15) is 6.04 Å². The van der Waals surface area contributed by atoms with Gasteiger partial charge in [0.25, 0.3) is 5.91 Å². The minimum Gasteiger partial charge on any atom is -0.493 e. The number of hydrogen-bond acceptors (Lipinski definition) is 5. The molecule has 0 spiro atoms. The fraction of sp³-hybridized carbons (Fsp3) is 0.400. The van der Waals surface area contributed by atoms with Gasteiger partial charge in [-0.25, -0.2) is 0 Å². The maximum absolute atomic E-state index is 12.8. The Hall–Kier alpha value is -2.68. The molecule has 0 bridgehead atoms. The number of thiophene rings is 1. The highest BCUT2D eigenvalue weighted by atomic mass is 32.1. The smallest absolute Gasteiger partial charge is 0.387 e. The predicted molar refractivity (Wildman–Crippen MR) is 104 cm³/mol. The Morgan fingerprint density at radius 1 is 1.28 bits per heavy atom. The number of carbonyl (C=O) groups excluding carboxylic acids is 2. The van der Waals surface area contributed by atoms with E-state index >= 15 is 0 Å². The highest BCUT2D eigenvalue weighted by molar-refractivity contribution is 7.12. The van der Waals surface area contributed by atoms with Gasteiger partial charge >= 0.3 is 6.61 Å². The van der Waals surface area contributed by atoms with E-state index in [-0.39, 0.29) is 29.9 Å². The van der Waals surface area contributed by atoms with Crippen LogP contribution in [-0.4, -0.2) is 43.0 Å². The van der Waals surface area contributed by atoms with Gasteiger partial charge in [0.15, 0.2) is 11.5 Å². The van der Waals surface area contributed by atoms with Crippen LogP contribution in [0.25, 0.3) is 0 Å². The van der Waals surface area contributed by atoms with E-state index < -0.39 is 12.7 Å². The lowest BCUT2D eigenvalue weighted by Crippen LogP contribution is -2.51. The van der Waals surface area contributed by atoms with Crippen LogP contribution in [0.2, 0.25) is 0 Å². The molecule has 1 aromatic carbocycles. The highest BCUT2D eigenvalue weighted by Crippen LogP contribution is 2.29. The minimum atomic E-state index is -2.98. The number of likely N-dealkylation sites (tertiary alicyclic amines) is 1. The Labute approximate surface area is 171 Å². The van der Waals surface area contributed by atoms with Crippen molar-refractivity contribution in [3.8, 4) is 11.5 Å². The summed E-state index contributed by atoms with van der Waals surface area (Å²) in [4.78, 5) is 27.7. The minimum absolute atomic E-state index is 0.0959. The maximum Gasteiger partial charge on any atom is 0.387 e. The number of nitrogens with zero attached hydrogens (tertiary/aromatic N) is 1. The van der Waals surface area contributed by atoms with E-state index in [1.165, 1.54) is 30.6 Å². The molecule has 0 saturated carbocycles. The second-order valence-corrected chi connectivity index (χ2v) is 7.52. The quantitative estimate of drug-likeness (QED) is 0.737. The number of amides is 2. The van der Waals surface area contributed by atoms with Gasteiger partial charge in [0.05, 0.1) is 12.0 Å². The van der Waals surface area contributed by atoms with Gasteiger partial charge in [-0.3, -0.25) is 9.59 Å². The van der Waals surface area contributed by atoms with Crippen LogP contribution < -0.4 is 14.8 Å². The van der Waals surface area contributed by atoms with Crippen LogP contribution >= 0.6 is 11.3 Å². The van der Waals surface area contributed by atoms with Crippen molar-refractivity contribution in [3.05, 3.63) is 46.2 Å². The fourth-order valence-electron chi connectivity index (χ4n) is 3.32. The van der Waals surface area contributed by atoms with Crippen LogP contribution in [0, 0.1) is 0 Å². The first-order chi connectivity index (χ1) is 14.0. The summed E-state index contributed by atoms with van der Waals surface area (Å²) >= 11 is 1.35. The third-order valence-electron chi connectivity index (χ3n) is 4.71. The standard InChI is InChI=1S/C20H22F2N2O4S/c1-27-15-8-7-13(11-16(15)28-20(21)22)12-23-18(25)14-5-2-3-9-24(14)19(26)17-6-4-10-29-17/h4,6-8,10-11,14,20H,2-3,5,9,12H2,1H3,(H,23,25). The van der Waals surface area contributed by atoms with Crippen LogP contribution in [0.5, 0.6) is 11.5 Å². The summed E-state index contributed by atoms with van der Waals surface area (Å²) in [5.41, 5.74) is 0.585. The highest BCUT2D eigenvalue weighted by Gasteiger charge is 2.32. The lowest BCUT2D eigenvalue weighted by atomic mass is 10.0. The lowest BCUT2D eigenvalue weighted by molar-refractivity contribution is -0.126. The molecule has 2 heterocycles. The first-order valence-corrected chi connectivity index (χ1v) is 10.1. The molecule has 1 aliphatic heterocycles. The van der Waals surface area contributed by atoms with Gasteiger partial charge in [0.2, 0.25) is 5.91 Å². The normalized spacial score (nSPS) is 16.6. The molecule has 1 saturated heterocycles. The van der Waals surface area contributed by atoms with E-state index in [4.69, 9.17) is 4.74 Å². The number of rotatable bonds is 7. The molecule has 1 N–H and O–H groups in total. The van der Waals surface area contributed by atoms with Gasteiger partial charge in [-0.05, 0) is 48.4 Å². The molecular formula is C20H22F2N2O4S. The van der Waals surface area contributed by atoms with E-state index in [0.717, 1.165) is 12.8 Å². The summed E-state index contributed by atoms with van der Waals surface area (Å²) in [5, 5.41) is 4.63. The second kappa shape index (κ2) is 9.69. The van der Waals surface area contributed by atoms with E-state index in [0.29, 0.717) is 23.4 Å². The van der Waals surface area contributed by atoms with Gasteiger partial charge in [-0.1, -0.05) is 12.1 Å². The van der Waals surface area contributed by atoms with Crippen molar-refractivity contribution in [1.82, 2.24) is 10.2 Å². The number of halogens is 2. The number of piperidine rings is 1. The van der Waals surface area contributed by atoms with Crippen molar-refractivity contribution in [2.75, 3.05) is 13.7 Å². The third-order valence-corrected chi connectivity index (χ3v) is 5.57. The Kier molecular flexibility index (Phi) is 7.03. The largest absolute Gasteiger partial charge is 0.493 e. The van der Waals surface area contributed by atoms with Crippen LogP contribution in [0.1, 0.15) is 34.5 Å². The van der Waals surface area contributed by atoms with Crippen molar-refractivity contribution in [1.29, 1.82) is 0 Å². The third kappa shape index (κ3) is 5.23. The maximum atomic E-state index is 12.8. The molecule has 2 aromatic rings. The number of hydrogen-bond donors (Lipinski definition) is 1. The van der Waals surface area contributed by atoms with Gasteiger partial charge in [0, 0.05) is 13.1 Å². The SMILES string of the molecule is COc1ccc(CNC(=O)C2CCCCN2C(=O)c2cccs2)cc1OC(F)F. The lowest BCUT2D eigenvalue weighted by Gasteiger charge is -2.34. The molecule has 1 aliphatic rings. The van der Waals surface area contributed by atoms with E-state index in [1.807, 2.05) is 5.38 Å². The molecule has 3 rings (SSSR count). The first kappa shape index (κ1) is 21.0. The zero-order chi connectivity index (χ0) is 20.8. The Balaban J connectivity index is 1.66. The van der Waals surface area contributed by atoms with Crippen molar-refractivity contribution < 1.29 is 27.8 Å². The van der Waals surface area contributed by atoms with Gasteiger partial charge < -0.3 is 19.7 Å². The van der Waals surface area contributed by atoms with Crippen molar-refractivity contribution in [2.45, 2.75) is 38.5 Å². The fourth-order valence-corrected chi connectivity index (χ4v) is 3.99. The number of alkyl halides is 2. The average Bonchev–Trinajstić information content (AvgIpc) is 3.26. The number of methoxy groups -OCH3 is 1. The molecule has 1 atom stereocenters. The van der Waals surface area contributed by atoms with Gasteiger partial charge in [-0.15, -0.1) is 11.3 Å². The van der Waals surface area contributed by atoms with E-state index in [9.17, 15) is 18.4 Å². The molecule has 29 heavy (non-hydrogen) atoms. The number of ether oxygens (including phenoxy) is 2. The number of nitrogens with one attached hydrogen (secondary N) is 1. The van der Waals surface area contributed by atoms with Crippen LogP contribution in [0.3, 0.4) is 0 Å². The topological polar surface area (TPSA) is 67.9 Å². The molecule has 1 unspecified atom stereocenters. The van der Waals surface area contributed by atoms with Crippen LogP contribution in [0.4, 0.5) is 8.78 Å². The van der Waals surface area contributed by atoms with E-state index in [2.05, 4.69) is 10.1 Å². The summed E-state index contributed by atoms with van der Waals surface area (Å²) in [6, 6.07) is 7.58. The number of benzene rings is 1. The molecule has 1 aromatic heterocycles.